The zero-order valence-electron chi connectivity index (χ0n) is 14.5. The molecule has 120 valence electrons. The van der Waals surface area contributed by atoms with Gasteiger partial charge in [0.2, 0.25) is 0 Å². The van der Waals surface area contributed by atoms with E-state index in [4.69, 9.17) is 4.74 Å². The molecule has 4 nitrogen and oxygen atoms in total. The molecule has 0 spiro atoms. The summed E-state index contributed by atoms with van der Waals surface area (Å²) in [7, 11) is 2.12. The molecule has 4 heteroatoms. The smallest absolute Gasteiger partial charge is 0.326 e. The summed E-state index contributed by atoms with van der Waals surface area (Å²) >= 11 is 0. The first kappa shape index (κ1) is 19.4. The number of ether oxygens (including phenoxy) is 1. The van der Waals surface area contributed by atoms with Gasteiger partial charge in [0.1, 0.15) is 5.54 Å². The lowest BCUT2D eigenvalue weighted by atomic mass is 9.96. The minimum absolute atomic E-state index is 0.148. The molecule has 0 aromatic rings. The van der Waals surface area contributed by atoms with Crippen LogP contribution in [0.2, 0.25) is 0 Å². The Bertz CT molecular complexity index is 282. The molecule has 0 aromatic heterocycles. The molecule has 0 saturated heterocycles. The molecule has 0 aliphatic heterocycles. The summed E-state index contributed by atoms with van der Waals surface area (Å²) < 4.78 is 5.22. The van der Waals surface area contributed by atoms with E-state index in [-0.39, 0.29) is 12.0 Å². The maximum Gasteiger partial charge on any atom is 0.326 e. The van der Waals surface area contributed by atoms with Gasteiger partial charge in [0.15, 0.2) is 0 Å². The van der Waals surface area contributed by atoms with Gasteiger partial charge in [-0.25, -0.2) is 0 Å². The van der Waals surface area contributed by atoms with Crippen LogP contribution in [0, 0.1) is 5.92 Å². The fraction of sp³-hybridized carbons (Fsp3) is 0.938. The van der Waals surface area contributed by atoms with E-state index >= 15 is 0 Å². The van der Waals surface area contributed by atoms with Gasteiger partial charge in [-0.1, -0.05) is 20.3 Å². The first-order valence-electron chi connectivity index (χ1n) is 7.88. The van der Waals surface area contributed by atoms with Crippen LogP contribution in [0.1, 0.15) is 54.4 Å². The van der Waals surface area contributed by atoms with Crippen LogP contribution in [0.4, 0.5) is 0 Å². The number of carbonyl (C=O) groups excluding carboxylic acids is 1. The summed E-state index contributed by atoms with van der Waals surface area (Å²) in [5, 5.41) is 3.36. The van der Waals surface area contributed by atoms with E-state index in [0.29, 0.717) is 12.5 Å². The van der Waals surface area contributed by atoms with Crippen LogP contribution in [-0.4, -0.2) is 49.2 Å². The van der Waals surface area contributed by atoms with Gasteiger partial charge in [0.05, 0.1) is 6.61 Å². The van der Waals surface area contributed by atoms with Gasteiger partial charge in [0.25, 0.3) is 0 Å². The van der Waals surface area contributed by atoms with E-state index in [1.807, 2.05) is 13.8 Å². The molecule has 0 fully saturated rings. The largest absolute Gasteiger partial charge is 0.465 e. The van der Waals surface area contributed by atoms with Crippen molar-refractivity contribution >= 4 is 5.97 Å². The Hall–Kier alpha value is -0.610. The maximum atomic E-state index is 12.2. The minimum atomic E-state index is -0.603. The number of rotatable bonds is 10. The lowest BCUT2D eigenvalue weighted by molar-refractivity contribution is -0.151. The maximum absolute atomic E-state index is 12.2. The standard InChI is InChI=1S/C16H34N2O2/c1-8-14(5)12-18(7)11-10-16(6,17-13(3)4)15(19)20-9-2/h13-14,17H,8-12H2,1-7H3. The van der Waals surface area contributed by atoms with Crippen LogP contribution < -0.4 is 5.32 Å². The number of nitrogens with one attached hydrogen (secondary N) is 1. The Balaban J connectivity index is 4.53. The summed E-state index contributed by atoms with van der Waals surface area (Å²) in [6.45, 7) is 14.8. The molecular formula is C16H34N2O2. The molecule has 0 bridgehead atoms. The second-order valence-corrected chi connectivity index (χ2v) is 6.38. The van der Waals surface area contributed by atoms with E-state index in [1.54, 1.807) is 0 Å². The lowest BCUT2D eigenvalue weighted by Crippen LogP contribution is -2.54. The molecule has 0 aliphatic rings. The number of carbonyl (C=O) groups is 1. The van der Waals surface area contributed by atoms with Gasteiger partial charge in [-0.15, -0.1) is 0 Å². The van der Waals surface area contributed by atoms with Crippen molar-refractivity contribution in [1.29, 1.82) is 0 Å². The number of hydrogen-bond acceptors (Lipinski definition) is 4. The molecule has 0 aromatic carbocycles. The van der Waals surface area contributed by atoms with E-state index in [1.165, 1.54) is 6.42 Å². The Morgan fingerprint density at radius 1 is 1.30 bits per heavy atom. The Labute approximate surface area is 125 Å². The van der Waals surface area contributed by atoms with Gasteiger partial charge in [-0.05, 0) is 47.1 Å². The van der Waals surface area contributed by atoms with E-state index in [2.05, 4.69) is 45.0 Å². The molecule has 0 amide bonds. The molecule has 1 N–H and O–H groups in total. The zero-order chi connectivity index (χ0) is 15.8. The van der Waals surface area contributed by atoms with Crippen LogP contribution in [0.25, 0.3) is 0 Å². The van der Waals surface area contributed by atoms with Crippen LogP contribution >= 0.6 is 0 Å². The van der Waals surface area contributed by atoms with Crippen molar-refractivity contribution < 1.29 is 9.53 Å². The van der Waals surface area contributed by atoms with Crippen molar-refractivity contribution in [3.8, 4) is 0 Å². The van der Waals surface area contributed by atoms with Gasteiger partial charge < -0.3 is 9.64 Å². The predicted octanol–water partition coefficient (Wildman–Crippen LogP) is 2.67. The summed E-state index contributed by atoms with van der Waals surface area (Å²) in [6, 6.07) is 0.254. The second kappa shape index (κ2) is 9.35. The SMILES string of the molecule is CCOC(=O)C(C)(CCN(C)CC(C)CC)NC(C)C. The molecule has 20 heavy (non-hydrogen) atoms. The molecule has 0 radical (unpaired) electrons. The van der Waals surface area contributed by atoms with Crippen LogP contribution in [0.15, 0.2) is 0 Å². The highest BCUT2D eigenvalue weighted by Gasteiger charge is 2.35. The first-order valence-corrected chi connectivity index (χ1v) is 7.88. The average molecular weight is 286 g/mol. The highest BCUT2D eigenvalue weighted by atomic mass is 16.5. The molecule has 0 heterocycles. The van der Waals surface area contributed by atoms with E-state index in [9.17, 15) is 4.79 Å². The molecular weight excluding hydrogens is 252 g/mol. The number of esters is 1. The topological polar surface area (TPSA) is 41.6 Å². The Morgan fingerprint density at radius 3 is 2.35 bits per heavy atom. The van der Waals surface area contributed by atoms with Crippen molar-refractivity contribution in [2.45, 2.75) is 66.0 Å². The number of nitrogens with zero attached hydrogens (tertiary/aromatic N) is 1. The van der Waals surface area contributed by atoms with Crippen LogP contribution in [0.5, 0.6) is 0 Å². The van der Waals surface area contributed by atoms with Crippen molar-refractivity contribution in [2.24, 2.45) is 5.92 Å². The second-order valence-electron chi connectivity index (χ2n) is 6.38. The average Bonchev–Trinajstić information content (AvgIpc) is 2.35. The van der Waals surface area contributed by atoms with Crippen LogP contribution in [-0.2, 0) is 9.53 Å². The minimum Gasteiger partial charge on any atom is -0.465 e. The normalized spacial score (nSPS) is 16.2. The van der Waals surface area contributed by atoms with Gasteiger partial charge in [-0.3, -0.25) is 10.1 Å². The Morgan fingerprint density at radius 2 is 1.90 bits per heavy atom. The summed E-state index contributed by atoms with van der Waals surface area (Å²) in [5.41, 5.74) is -0.603. The summed E-state index contributed by atoms with van der Waals surface area (Å²) in [4.78, 5) is 14.5. The fourth-order valence-electron chi connectivity index (χ4n) is 2.33. The van der Waals surface area contributed by atoms with Crippen LogP contribution in [0.3, 0.4) is 0 Å². The fourth-order valence-corrected chi connectivity index (χ4v) is 2.33. The van der Waals surface area contributed by atoms with Crippen molar-refractivity contribution in [2.75, 3.05) is 26.7 Å². The first-order chi connectivity index (χ1) is 9.25. The van der Waals surface area contributed by atoms with Gasteiger partial charge in [0, 0.05) is 19.1 Å². The highest BCUT2D eigenvalue weighted by molar-refractivity contribution is 5.80. The molecule has 0 aliphatic carbocycles. The van der Waals surface area contributed by atoms with Crippen molar-refractivity contribution in [3.63, 3.8) is 0 Å². The summed E-state index contributed by atoms with van der Waals surface area (Å²) in [5.74, 6) is 0.539. The quantitative estimate of drug-likeness (QED) is 0.627. The van der Waals surface area contributed by atoms with Crippen molar-refractivity contribution in [1.82, 2.24) is 10.2 Å². The third-order valence-electron chi connectivity index (χ3n) is 3.65. The highest BCUT2D eigenvalue weighted by Crippen LogP contribution is 2.15. The molecule has 2 atom stereocenters. The third-order valence-corrected chi connectivity index (χ3v) is 3.65. The van der Waals surface area contributed by atoms with Gasteiger partial charge in [-0.2, -0.15) is 0 Å². The third kappa shape index (κ3) is 7.25. The number of hydrogen-bond donors (Lipinski definition) is 1. The van der Waals surface area contributed by atoms with Crippen molar-refractivity contribution in [3.05, 3.63) is 0 Å². The summed E-state index contributed by atoms with van der Waals surface area (Å²) in [6.07, 6.45) is 1.95. The molecule has 2 unspecified atom stereocenters. The Kier molecular flexibility index (Phi) is 9.06. The zero-order valence-corrected chi connectivity index (χ0v) is 14.5. The monoisotopic (exact) mass is 286 g/mol. The molecule has 0 saturated carbocycles. The molecule has 0 rings (SSSR count). The van der Waals surface area contributed by atoms with E-state index in [0.717, 1.165) is 19.5 Å². The predicted molar refractivity (Wildman–Crippen MR) is 84.9 cm³/mol. The van der Waals surface area contributed by atoms with E-state index < -0.39 is 5.54 Å². The van der Waals surface area contributed by atoms with Gasteiger partial charge >= 0.3 is 5.97 Å². The lowest BCUT2D eigenvalue weighted by Gasteiger charge is -2.32.